The van der Waals surface area contributed by atoms with Crippen LogP contribution < -0.4 is 5.32 Å². The lowest BCUT2D eigenvalue weighted by Crippen LogP contribution is -2.30. The Kier molecular flexibility index (Phi) is 5.53. The highest BCUT2D eigenvalue weighted by atomic mass is 35.5. The number of hydrogen-bond donors (Lipinski definition) is 1. The maximum atomic E-state index is 5.94. The number of halogens is 1. The highest BCUT2D eigenvalue weighted by molar-refractivity contribution is 6.30. The average molecular weight is 290 g/mol. The van der Waals surface area contributed by atoms with E-state index in [0.29, 0.717) is 6.04 Å². The molecule has 0 saturated carbocycles. The Morgan fingerprint density at radius 2 is 1.95 bits per heavy atom. The van der Waals surface area contributed by atoms with E-state index in [9.17, 15) is 0 Å². The van der Waals surface area contributed by atoms with Gasteiger partial charge in [0.15, 0.2) is 0 Å². The number of nitrogens with zero attached hydrogens (tertiary/aromatic N) is 2. The van der Waals surface area contributed by atoms with Gasteiger partial charge in [0, 0.05) is 36.5 Å². The Labute approximate surface area is 125 Å². The molecular weight excluding hydrogens is 270 g/mol. The first-order chi connectivity index (χ1) is 9.66. The zero-order valence-electron chi connectivity index (χ0n) is 11.9. The van der Waals surface area contributed by atoms with E-state index in [4.69, 9.17) is 11.6 Å². The van der Waals surface area contributed by atoms with Gasteiger partial charge in [-0.1, -0.05) is 29.8 Å². The lowest BCUT2D eigenvalue weighted by molar-refractivity contribution is 0.288. The van der Waals surface area contributed by atoms with Gasteiger partial charge in [-0.15, -0.1) is 0 Å². The molecule has 1 atom stereocenters. The molecule has 0 aliphatic rings. The SMILES string of the molecule is CN(C)[C@@H](CNCc1cccnc1)c1ccc(Cl)cc1. The van der Waals surface area contributed by atoms with Crippen LogP contribution in [0, 0.1) is 0 Å². The fraction of sp³-hybridized carbons (Fsp3) is 0.312. The number of rotatable bonds is 6. The van der Waals surface area contributed by atoms with Gasteiger partial charge in [-0.25, -0.2) is 0 Å². The Morgan fingerprint density at radius 3 is 2.55 bits per heavy atom. The first-order valence-electron chi connectivity index (χ1n) is 6.68. The Balaban J connectivity index is 1.94. The molecule has 0 amide bonds. The van der Waals surface area contributed by atoms with Gasteiger partial charge in [0.25, 0.3) is 0 Å². The summed E-state index contributed by atoms with van der Waals surface area (Å²) in [6.45, 7) is 1.70. The van der Waals surface area contributed by atoms with Crippen LogP contribution in [0.15, 0.2) is 48.8 Å². The standard InChI is InChI=1S/C16H20ClN3/c1-20(2)16(14-5-7-15(17)8-6-14)12-19-11-13-4-3-9-18-10-13/h3-10,16,19H,11-12H2,1-2H3/t16-/m0/s1. The number of pyridine rings is 1. The molecule has 0 radical (unpaired) electrons. The van der Waals surface area contributed by atoms with Gasteiger partial charge in [0.1, 0.15) is 0 Å². The predicted octanol–water partition coefficient (Wildman–Crippen LogP) is 3.13. The number of nitrogens with one attached hydrogen (secondary N) is 1. The highest BCUT2D eigenvalue weighted by Gasteiger charge is 2.13. The second-order valence-electron chi connectivity index (χ2n) is 5.02. The molecule has 0 aliphatic carbocycles. The van der Waals surface area contributed by atoms with Gasteiger partial charge in [-0.05, 0) is 43.4 Å². The molecule has 0 fully saturated rings. The Morgan fingerprint density at radius 1 is 1.20 bits per heavy atom. The molecule has 0 saturated heterocycles. The number of benzene rings is 1. The van der Waals surface area contributed by atoms with Crippen LogP contribution in [0.4, 0.5) is 0 Å². The van der Waals surface area contributed by atoms with E-state index in [0.717, 1.165) is 18.1 Å². The Hall–Kier alpha value is -1.42. The monoisotopic (exact) mass is 289 g/mol. The summed E-state index contributed by atoms with van der Waals surface area (Å²) >= 11 is 5.94. The fourth-order valence-electron chi connectivity index (χ4n) is 2.14. The third-order valence-electron chi connectivity index (χ3n) is 3.27. The molecule has 1 heterocycles. The molecule has 3 nitrogen and oxygen atoms in total. The van der Waals surface area contributed by atoms with Crippen LogP contribution in [0.2, 0.25) is 5.02 Å². The van der Waals surface area contributed by atoms with Crippen molar-refractivity contribution in [3.8, 4) is 0 Å². The van der Waals surface area contributed by atoms with Crippen molar-refractivity contribution in [2.24, 2.45) is 0 Å². The quantitative estimate of drug-likeness (QED) is 0.885. The van der Waals surface area contributed by atoms with Crippen molar-refractivity contribution in [1.82, 2.24) is 15.2 Å². The van der Waals surface area contributed by atoms with E-state index >= 15 is 0 Å². The lowest BCUT2D eigenvalue weighted by atomic mass is 10.1. The average Bonchev–Trinajstić information content (AvgIpc) is 2.46. The summed E-state index contributed by atoms with van der Waals surface area (Å²) in [6.07, 6.45) is 3.68. The molecule has 1 N–H and O–H groups in total. The Bertz CT molecular complexity index is 511. The van der Waals surface area contributed by atoms with Gasteiger partial charge in [0.2, 0.25) is 0 Å². The van der Waals surface area contributed by atoms with E-state index in [1.807, 2.05) is 24.4 Å². The largest absolute Gasteiger partial charge is 0.311 e. The van der Waals surface area contributed by atoms with Crippen molar-refractivity contribution in [1.29, 1.82) is 0 Å². The molecular formula is C16H20ClN3. The van der Waals surface area contributed by atoms with Crippen LogP contribution in [-0.2, 0) is 6.54 Å². The van der Waals surface area contributed by atoms with Crippen LogP contribution in [0.3, 0.4) is 0 Å². The lowest BCUT2D eigenvalue weighted by Gasteiger charge is -2.25. The molecule has 20 heavy (non-hydrogen) atoms. The van der Waals surface area contributed by atoms with Crippen LogP contribution >= 0.6 is 11.6 Å². The summed E-state index contributed by atoms with van der Waals surface area (Å²) in [7, 11) is 4.18. The highest BCUT2D eigenvalue weighted by Crippen LogP contribution is 2.19. The molecule has 0 aliphatic heterocycles. The third-order valence-corrected chi connectivity index (χ3v) is 3.52. The van der Waals surface area contributed by atoms with E-state index in [1.54, 1.807) is 6.20 Å². The van der Waals surface area contributed by atoms with Crippen molar-refractivity contribution >= 4 is 11.6 Å². The van der Waals surface area contributed by atoms with Crippen molar-refractivity contribution in [3.63, 3.8) is 0 Å². The number of likely N-dealkylation sites (N-methyl/N-ethyl adjacent to an activating group) is 1. The van der Waals surface area contributed by atoms with Crippen molar-refractivity contribution in [2.45, 2.75) is 12.6 Å². The van der Waals surface area contributed by atoms with Crippen molar-refractivity contribution in [2.75, 3.05) is 20.6 Å². The number of aromatic nitrogens is 1. The summed E-state index contributed by atoms with van der Waals surface area (Å²) in [5, 5.41) is 4.25. The topological polar surface area (TPSA) is 28.2 Å². The number of hydrogen-bond acceptors (Lipinski definition) is 3. The van der Waals surface area contributed by atoms with E-state index in [2.05, 4.69) is 47.5 Å². The zero-order valence-corrected chi connectivity index (χ0v) is 12.6. The smallest absolute Gasteiger partial charge is 0.0466 e. The first-order valence-corrected chi connectivity index (χ1v) is 7.06. The van der Waals surface area contributed by atoms with Crippen LogP contribution in [-0.4, -0.2) is 30.5 Å². The summed E-state index contributed by atoms with van der Waals surface area (Å²) in [5.74, 6) is 0. The van der Waals surface area contributed by atoms with Gasteiger partial charge >= 0.3 is 0 Å². The minimum Gasteiger partial charge on any atom is -0.311 e. The molecule has 2 aromatic rings. The summed E-state index contributed by atoms with van der Waals surface area (Å²) in [4.78, 5) is 6.33. The molecule has 0 unspecified atom stereocenters. The van der Waals surface area contributed by atoms with Gasteiger partial charge < -0.3 is 10.2 Å². The molecule has 106 valence electrons. The van der Waals surface area contributed by atoms with E-state index < -0.39 is 0 Å². The van der Waals surface area contributed by atoms with E-state index in [1.165, 1.54) is 11.1 Å². The third kappa shape index (κ3) is 4.30. The fourth-order valence-corrected chi connectivity index (χ4v) is 2.27. The molecule has 0 bridgehead atoms. The van der Waals surface area contributed by atoms with Crippen LogP contribution in [0.25, 0.3) is 0 Å². The first kappa shape index (κ1) is 15.0. The second-order valence-corrected chi connectivity index (χ2v) is 5.46. The minimum atomic E-state index is 0.323. The molecule has 1 aromatic heterocycles. The van der Waals surface area contributed by atoms with Crippen molar-refractivity contribution < 1.29 is 0 Å². The molecule has 2 rings (SSSR count). The van der Waals surface area contributed by atoms with Gasteiger partial charge in [-0.2, -0.15) is 0 Å². The zero-order chi connectivity index (χ0) is 14.4. The summed E-state index contributed by atoms with van der Waals surface area (Å²) in [5.41, 5.74) is 2.46. The maximum absolute atomic E-state index is 5.94. The van der Waals surface area contributed by atoms with Crippen molar-refractivity contribution in [3.05, 3.63) is 64.9 Å². The molecule has 4 heteroatoms. The molecule has 0 spiro atoms. The summed E-state index contributed by atoms with van der Waals surface area (Å²) < 4.78 is 0. The summed E-state index contributed by atoms with van der Waals surface area (Å²) in [6, 6.07) is 12.4. The van der Waals surface area contributed by atoms with Crippen LogP contribution in [0.1, 0.15) is 17.2 Å². The minimum absolute atomic E-state index is 0.323. The second kappa shape index (κ2) is 7.39. The van der Waals surface area contributed by atoms with Gasteiger partial charge in [-0.3, -0.25) is 4.98 Å². The van der Waals surface area contributed by atoms with Crippen LogP contribution in [0.5, 0.6) is 0 Å². The maximum Gasteiger partial charge on any atom is 0.0466 e. The van der Waals surface area contributed by atoms with E-state index in [-0.39, 0.29) is 0 Å². The molecule has 1 aromatic carbocycles. The predicted molar refractivity (Wildman–Crippen MR) is 83.8 cm³/mol. The normalized spacial score (nSPS) is 12.6. The van der Waals surface area contributed by atoms with Gasteiger partial charge in [0.05, 0.1) is 0 Å².